The quantitative estimate of drug-likeness (QED) is 0.336. The molecule has 2 aliphatic rings. The number of amides is 2. The van der Waals surface area contributed by atoms with Crippen molar-refractivity contribution in [3.05, 3.63) is 54.1 Å². The molecule has 0 radical (unpaired) electrons. The van der Waals surface area contributed by atoms with Gasteiger partial charge in [0, 0.05) is 37.7 Å². The topological polar surface area (TPSA) is 125 Å². The molecule has 9 nitrogen and oxygen atoms in total. The summed E-state index contributed by atoms with van der Waals surface area (Å²) in [5.74, 6) is -0.0639. The summed E-state index contributed by atoms with van der Waals surface area (Å²) >= 11 is 0. The van der Waals surface area contributed by atoms with Gasteiger partial charge in [0.2, 0.25) is 0 Å². The number of carbonyl (C=O) groups is 2. The number of hydrogen-bond acceptors (Lipinski definition) is 7. The second-order valence-corrected chi connectivity index (χ2v) is 9.07. The number of rotatable bonds is 12. The fraction of sp³-hybridized carbons (Fsp3) is 0.552. The number of nitrogens with one attached hydrogen (secondary N) is 2. The molecule has 2 heterocycles. The highest BCUT2D eigenvalue weighted by Gasteiger charge is 2.28. The Kier molecular flexibility index (Phi) is 15.0. The Morgan fingerprint density at radius 2 is 1.87 bits per heavy atom. The van der Waals surface area contributed by atoms with Crippen molar-refractivity contribution in [1.29, 1.82) is 0 Å². The molecule has 1 saturated heterocycles. The number of pyridine rings is 1. The Morgan fingerprint density at radius 1 is 1.10 bits per heavy atom. The minimum absolute atomic E-state index is 0.101. The lowest BCUT2D eigenvalue weighted by molar-refractivity contribution is -0.126. The molecule has 1 aliphatic heterocycles. The Morgan fingerprint density at radius 3 is 2.54 bits per heavy atom. The second-order valence-electron chi connectivity index (χ2n) is 9.07. The Bertz CT molecular complexity index is 1010. The van der Waals surface area contributed by atoms with E-state index in [1.54, 1.807) is 24.3 Å². The maximum absolute atomic E-state index is 12.6. The first-order valence-electron chi connectivity index (χ1n) is 13.8. The molecule has 0 spiro atoms. The zero-order valence-electron chi connectivity index (χ0n) is 23.3. The SMILES string of the molecule is CC.CC1CCC(C(=O)Nc2ccnc(C(=O)NCCCOCCCN)c2)O1.Fc1cccc(OC2CC2)c1. The zero-order chi connectivity index (χ0) is 28.5. The first-order valence-corrected chi connectivity index (χ1v) is 13.8. The summed E-state index contributed by atoms with van der Waals surface area (Å²) in [5, 5.41) is 5.57. The number of hydrogen-bond donors (Lipinski definition) is 3. The fourth-order valence-electron chi connectivity index (χ4n) is 3.52. The van der Waals surface area contributed by atoms with E-state index in [-0.39, 0.29) is 29.4 Å². The average Bonchev–Trinajstić information content (AvgIpc) is 3.65. The molecule has 2 atom stereocenters. The summed E-state index contributed by atoms with van der Waals surface area (Å²) in [6.45, 7) is 8.26. The predicted octanol–water partition coefficient (Wildman–Crippen LogP) is 4.47. The van der Waals surface area contributed by atoms with E-state index in [1.807, 2.05) is 20.8 Å². The average molecular weight is 547 g/mol. The first kappa shape index (κ1) is 32.1. The van der Waals surface area contributed by atoms with Gasteiger partial charge in [-0.05, 0) is 76.3 Å². The number of ether oxygens (including phenoxy) is 3. The van der Waals surface area contributed by atoms with Gasteiger partial charge >= 0.3 is 0 Å². The van der Waals surface area contributed by atoms with Crippen LogP contribution in [0.25, 0.3) is 0 Å². The van der Waals surface area contributed by atoms with Crippen LogP contribution >= 0.6 is 0 Å². The van der Waals surface area contributed by atoms with Gasteiger partial charge in [0.15, 0.2) is 0 Å². The third kappa shape index (κ3) is 13.0. The lowest BCUT2D eigenvalue weighted by atomic mass is 10.2. The van der Waals surface area contributed by atoms with E-state index >= 15 is 0 Å². The molecule has 10 heteroatoms. The molecule has 2 fully saturated rings. The molecule has 1 aromatic carbocycles. The fourth-order valence-corrected chi connectivity index (χ4v) is 3.52. The standard InChI is InChI=1S/C18H28N4O4.C9H9FO.C2H6/c1-13-4-5-16(26-13)18(24)22-14-6-9-20-15(12-14)17(23)21-8-3-11-25-10-2-7-19;10-7-2-1-3-9(6-7)11-8-4-5-8;1-2/h6,9,12-13,16H,2-5,7-8,10-11,19H2,1H3,(H,21,23)(H,20,22,24);1-3,6,8H,4-5H2;1-2H3. The van der Waals surface area contributed by atoms with Gasteiger partial charge < -0.3 is 30.6 Å². The maximum atomic E-state index is 12.6. The molecule has 1 saturated carbocycles. The molecule has 39 heavy (non-hydrogen) atoms. The van der Waals surface area contributed by atoms with Crippen LogP contribution in [0.5, 0.6) is 5.75 Å². The van der Waals surface area contributed by atoms with Crippen LogP contribution in [-0.2, 0) is 14.3 Å². The summed E-state index contributed by atoms with van der Waals surface area (Å²) in [7, 11) is 0. The summed E-state index contributed by atoms with van der Waals surface area (Å²) in [6.07, 6.45) is 6.85. The smallest absolute Gasteiger partial charge is 0.269 e. The molecule has 1 aliphatic carbocycles. The van der Waals surface area contributed by atoms with Crippen LogP contribution in [0.3, 0.4) is 0 Å². The van der Waals surface area contributed by atoms with Gasteiger partial charge in [-0.3, -0.25) is 14.6 Å². The Labute approximate surface area is 231 Å². The van der Waals surface area contributed by atoms with Crippen molar-refractivity contribution in [1.82, 2.24) is 10.3 Å². The highest BCUT2D eigenvalue weighted by atomic mass is 19.1. The Balaban J connectivity index is 0.000000338. The van der Waals surface area contributed by atoms with Crippen molar-refractivity contribution >= 4 is 17.5 Å². The van der Waals surface area contributed by atoms with E-state index in [1.165, 1.54) is 18.3 Å². The summed E-state index contributed by atoms with van der Waals surface area (Å²) in [4.78, 5) is 28.4. The number of carbonyl (C=O) groups excluding carboxylic acids is 2. The number of anilines is 1. The minimum Gasteiger partial charge on any atom is -0.490 e. The van der Waals surface area contributed by atoms with Gasteiger partial charge in [-0.2, -0.15) is 0 Å². The van der Waals surface area contributed by atoms with Crippen LogP contribution in [0.1, 0.15) is 69.8 Å². The monoisotopic (exact) mass is 546 g/mol. The van der Waals surface area contributed by atoms with Crippen molar-refractivity contribution < 1.29 is 28.2 Å². The normalized spacial score (nSPS) is 17.7. The van der Waals surface area contributed by atoms with Crippen molar-refractivity contribution in [2.45, 2.75) is 77.6 Å². The number of nitrogens with zero attached hydrogens (tertiary/aromatic N) is 1. The molecule has 2 aromatic rings. The number of nitrogens with two attached hydrogens (primary N) is 1. The lowest BCUT2D eigenvalue weighted by Crippen LogP contribution is -2.28. The van der Waals surface area contributed by atoms with Gasteiger partial charge in [-0.15, -0.1) is 0 Å². The van der Waals surface area contributed by atoms with E-state index in [2.05, 4.69) is 15.6 Å². The first-order chi connectivity index (χ1) is 18.9. The number of benzene rings is 1. The van der Waals surface area contributed by atoms with Crippen LogP contribution in [0, 0.1) is 5.82 Å². The third-order valence-electron chi connectivity index (χ3n) is 5.65. The Hall–Kier alpha value is -3.08. The van der Waals surface area contributed by atoms with Crippen LogP contribution in [-0.4, -0.2) is 61.4 Å². The molecular weight excluding hydrogens is 503 g/mol. The second kappa shape index (κ2) is 18.3. The highest BCUT2D eigenvalue weighted by molar-refractivity contribution is 5.97. The molecule has 4 rings (SSSR count). The van der Waals surface area contributed by atoms with E-state index in [4.69, 9.17) is 19.9 Å². The molecule has 1 aromatic heterocycles. The van der Waals surface area contributed by atoms with Crippen LogP contribution in [0.4, 0.5) is 10.1 Å². The highest BCUT2D eigenvalue weighted by Crippen LogP contribution is 2.26. The molecule has 0 bridgehead atoms. The maximum Gasteiger partial charge on any atom is 0.269 e. The van der Waals surface area contributed by atoms with E-state index < -0.39 is 6.10 Å². The van der Waals surface area contributed by atoms with Gasteiger partial charge in [-0.1, -0.05) is 19.9 Å². The van der Waals surface area contributed by atoms with Crippen LogP contribution in [0.2, 0.25) is 0 Å². The van der Waals surface area contributed by atoms with E-state index in [0.29, 0.717) is 56.7 Å². The molecule has 2 unspecified atom stereocenters. The minimum atomic E-state index is -0.435. The van der Waals surface area contributed by atoms with Crippen LogP contribution < -0.4 is 21.1 Å². The van der Waals surface area contributed by atoms with E-state index in [9.17, 15) is 14.0 Å². The van der Waals surface area contributed by atoms with Gasteiger partial charge in [0.05, 0.1) is 12.2 Å². The van der Waals surface area contributed by atoms with Crippen LogP contribution in [0.15, 0.2) is 42.6 Å². The van der Waals surface area contributed by atoms with Gasteiger partial charge in [-0.25, -0.2) is 4.39 Å². The molecule has 4 N–H and O–H groups in total. The van der Waals surface area contributed by atoms with Gasteiger partial charge in [0.1, 0.15) is 23.4 Å². The number of halogens is 1. The van der Waals surface area contributed by atoms with Crippen molar-refractivity contribution in [3.63, 3.8) is 0 Å². The van der Waals surface area contributed by atoms with Crippen molar-refractivity contribution in [2.75, 3.05) is 31.6 Å². The number of aromatic nitrogens is 1. The predicted molar refractivity (Wildman–Crippen MR) is 149 cm³/mol. The summed E-state index contributed by atoms with van der Waals surface area (Å²) in [5.41, 5.74) is 6.17. The van der Waals surface area contributed by atoms with Crippen molar-refractivity contribution in [3.8, 4) is 5.75 Å². The lowest BCUT2D eigenvalue weighted by Gasteiger charge is -2.12. The molecule has 2 amide bonds. The molecule has 216 valence electrons. The van der Waals surface area contributed by atoms with Gasteiger partial charge in [0.25, 0.3) is 11.8 Å². The van der Waals surface area contributed by atoms with E-state index in [0.717, 1.165) is 25.7 Å². The van der Waals surface area contributed by atoms with Crippen molar-refractivity contribution in [2.24, 2.45) is 5.73 Å². The zero-order valence-corrected chi connectivity index (χ0v) is 23.3. The molecular formula is C29H43FN4O5. The third-order valence-corrected chi connectivity index (χ3v) is 5.65. The summed E-state index contributed by atoms with van der Waals surface area (Å²) < 4.78 is 28.8. The largest absolute Gasteiger partial charge is 0.490 e. The summed E-state index contributed by atoms with van der Waals surface area (Å²) in [6, 6.07) is 9.48.